The van der Waals surface area contributed by atoms with Crippen molar-refractivity contribution < 1.29 is 32.6 Å². The lowest BCUT2D eigenvalue weighted by Gasteiger charge is -2.23. The highest BCUT2D eigenvalue weighted by atomic mass is 19.3. The van der Waals surface area contributed by atoms with Crippen LogP contribution in [-0.2, 0) is 23.8 Å². The van der Waals surface area contributed by atoms with Gasteiger partial charge in [0.25, 0.3) is 0 Å². The number of rotatable bonds is 18. The normalized spacial score (nSPS) is 12.5. The lowest BCUT2D eigenvalue weighted by Crippen LogP contribution is -2.26. The van der Waals surface area contributed by atoms with E-state index in [4.69, 9.17) is 14.2 Å². The average molecular weight is 451 g/mol. The Morgan fingerprint density at radius 1 is 0.710 bits per heavy atom. The van der Waals surface area contributed by atoms with Crippen LogP contribution in [0.15, 0.2) is 0 Å². The number of carbonyl (C=O) groups excluding carboxylic acids is 2. The Labute approximate surface area is 187 Å². The van der Waals surface area contributed by atoms with Gasteiger partial charge in [0.2, 0.25) is 0 Å². The van der Waals surface area contributed by atoms with Crippen molar-refractivity contribution in [2.24, 2.45) is 10.8 Å². The molecule has 0 aliphatic heterocycles. The minimum Gasteiger partial charge on any atom is -0.466 e. The molecular formula is C24H44F2O5. The van der Waals surface area contributed by atoms with Crippen LogP contribution in [0.3, 0.4) is 0 Å². The Hall–Kier alpha value is -1.24. The largest absolute Gasteiger partial charge is 0.466 e. The summed E-state index contributed by atoms with van der Waals surface area (Å²) in [6, 6.07) is 0. The number of ether oxygens (including phenoxy) is 3. The molecule has 0 bridgehead atoms. The van der Waals surface area contributed by atoms with Gasteiger partial charge in [-0.15, -0.1) is 0 Å². The van der Waals surface area contributed by atoms with Crippen molar-refractivity contribution in [3.63, 3.8) is 0 Å². The Morgan fingerprint density at radius 3 is 1.42 bits per heavy atom. The third-order valence-electron chi connectivity index (χ3n) is 5.61. The number of esters is 2. The maximum Gasteiger partial charge on any atom is 0.345 e. The molecule has 5 nitrogen and oxygen atoms in total. The Bertz CT molecular complexity index is 466. The second kappa shape index (κ2) is 15.5. The molecule has 0 aliphatic carbocycles. The first-order valence-electron chi connectivity index (χ1n) is 11.7. The fraction of sp³-hybridized carbons (Fsp3) is 0.917. The quantitative estimate of drug-likeness (QED) is 0.172. The zero-order valence-corrected chi connectivity index (χ0v) is 20.4. The van der Waals surface area contributed by atoms with E-state index in [9.17, 15) is 18.4 Å². The van der Waals surface area contributed by atoms with Gasteiger partial charge in [-0.1, -0.05) is 38.5 Å². The van der Waals surface area contributed by atoms with E-state index in [2.05, 4.69) is 0 Å². The van der Waals surface area contributed by atoms with E-state index in [0.29, 0.717) is 38.9 Å². The molecule has 0 atom stereocenters. The molecule has 0 heterocycles. The molecule has 0 rings (SSSR count). The Morgan fingerprint density at radius 2 is 1.10 bits per heavy atom. The number of unbranched alkanes of at least 4 members (excludes halogenated alkanes) is 4. The van der Waals surface area contributed by atoms with Gasteiger partial charge in [-0.3, -0.25) is 9.59 Å². The van der Waals surface area contributed by atoms with Gasteiger partial charge in [0.15, 0.2) is 0 Å². The SMILES string of the molecule is CCOC(=O)C(C)(C)CCCCCC(CCCCCC(C)(C)C(=O)OCC)OC(F)F. The first-order chi connectivity index (χ1) is 14.5. The molecule has 0 aliphatic rings. The molecule has 0 saturated carbocycles. The van der Waals surface area contributed by atoms with E-state index < -0.39 is 23.5 Å². The molecule has 0 aromatic carbocycles. The van der Waals surface area contributed by atoms with Crippen molar-refractivity contribution in [3.8, 4) is 0 Å². The van der Waals surface area contributed by atoms with Gasteiger partial charge >= 0.3 is 18.6 Å². The molecule has 0 fully saturated rings. The predicted molar refractivity (Wildman–Crippen MR) is 118 cm³/mol. The van der Waals surface area contributed by atoms with Crippen LogP contribution in [0.25, 0.3) is 0 Å². The fourth-order valence-corrected chi connectivity index (χ4v) is 3.51. The standard InChI is InChI=1S/C24H44F2O5/c1-7-29-20(27)23(3,4)17-13-9-11-15-19(31-22(25)26)16-12-10-14-18-24(5,6)21(28)30-8-2/h19,22H,7-18H2,1-6H3. The van der Waals surface area contributed by atoms with E-state index >= 15 is 0 Å². The topological polar surface area (TPSA) is 61.8 Å². The predicted octanol–water partition coefficient (Wildman–Crippen LogP) is 6.67. The number of hydrogen-bond donors (Lipinski definition) is 0. The van der Waals surface area contributed by atoms with E-state index in [1.807, 2.05) is 27.7 Å². The zero-order chi connectivity index (χ0) is 23.9. The van der Waals surface area contributed by atoms with Gasteiger partial charge in [-0.05, 0) is 67.2 Å². The molecule has 7 heteroatoms. The van der Waals surface area contributed by atoms with Crippen molar-refractivity contribution >= 4 is 11.9 Å². The molecular weight excluding hydrogens is 406 g/mol. The van der Waals surface area contributed by atoms with Crippen LogP contribution in [0.2, 0.25) is 0 Å². The van der Waals surface area contributed by atoms with Crippen LogP contribution in [0.1, 0.15) is 106 Å². The molecule has 0 N–H and O–H groups in total. The summed E-state index contributed by atoms with van der Waals surface area (Å²) in [5.74, 6) is -0.389. The first-order valence-corrected chi connectivity index (χ1v) is 11.7. The van der Waals surface area contributed by atoms with Crippen LogP contribution >= 0.6 is 0 Å². The van der Waals surface area contributed by atoms with Crippen molar-refractivity contribution in [3.05, 3.63) is 0 Å². The highest BCUT2D eigenvalue weighted by Gasteiger charge is 2.29. The van der Waals surface area contributed by atoms with Gasteiger partial charge in [-0.25, -0.2) is 0 Å². The lowest BCUT2D eigenvalue weighted by atomic mass is 9.86. The van der Waals surface area contributed by atoms with Crippen LogP contribution in [0.4, 0.5) is 8.78 Å². The van der Waals surface area contributed by atoms with Crippen molar-refractivity contribution in [1.82, 2.24) is 0 Å². The van der Waals surface area contributed by atoms with E-state index in [0.717, 1.165) is 38.5 Å². The van der Waals surface area contributed by atoms with Crippen LogP contribution in [-0.4, -0.2) is 37.9 Å². The molecule has 0 saturated heterocycles. The van der Waals surface area contributed by atoms with Crippen LogP contribution in [0.5, 0.6) is 0 Å². The molecule has 31 heavy (non-hydrogen) atoms. The lowest BCUT2D eigenvalue weighted by molar-refractivity contribution is -0.166. The molecule has 0 spiro atoms. The molecule has 0 aromatic heterocycles. The van der Waals surface area contributed by atoms with Gasteiger partial charge in [0, 0.05) is 0 Å². The Kier molecular flexibility index (Phi) is 14.9. The second-order valence-corrected chi connectivity index (χ2v) is 9.43. The van der Waals surface area contributed by atoms with Gasteiger partial charge in [0.05, 0.1) is 30.1 Å². The number of carbonyl (C=O) groups is 2. The van der Waals surface area contributed by atoms with Crippen LogP contribution < -0.4 is 0 Å². The second-order valence-electron chi connectivity index (χ2n) is 9.43. The summed E-state index contributed by atoms with van der Waals surface area (Å²) in [6.45, 7) is 9.04. The number of hydrogen-bond acceptors (Lipinski definition) is 5. The summed E-state index contributed by atoms with van der Waals surface area (Å²) in [7, 11) is 0. The third kappa shape index (κ3) is 13.7. The fourth-order valence-electron chi connectivity index (χ4n) is 3.51. The third-order valence-corrected chi connectivity index (χ3v) is 5.61. The van der Waals surface area contributed by atoms with Gasteiger partial charge in [-0.2, -0.15) is 8.78 Å². The maximum absolute atomic E-state index is 12.7. The molecule has 0 unspecified atom stereocenters. The highest BCUT2D eigenvalue weighted by Crippen LogP contribution is 2.28. The smallest absolute Gasteiger partial charge is 0.345 e. The Balaban J connectivity index is 4.19. The van der Waals surface area contributed by atoms with E-state index in [-0.39, 0.29) is 11.9 Å². The monoisotopic (exact) mass is 450 g/mol. The summed E-state index contributed by atoms with van der Waals surface area (Å²) in [4.78, 5) is 23.8. The van der Waals surface area contributed by atoms with Crippen molar-refractivity contribution in [2.75, 3.05) is 13.2 Å². The summed E-state index contributed by atoms with van der Waals surface area (Å²) in [5.41, 5.74) is -1.04. The van der Waals surface area contributed by atoms with Gasteiger partial charge in [0.1, 0.15) is 0 Å². The summed E-state index contributed by atoms with van der Waals surface area (Å²) >= 11 is 0. The molecule has 0 radical (unpaired) electrons. The minimum absolute atomic E-state index is 0.194. The van der Waals surface area contributed by atoms with Crippen molar-refractivity contribution in [1.29, 1.82) is 0 Å². The summed E-state index contributed by atoms with van der Waals surface area (Å²) in [6.07, 6.45) is 7.10. The van der Waals surface area contributed by atoms with Crippen molar-refractivity contribution in [2.45, 2.75) is 118 Å². The summed E-state index contributed by atoms with van der Waals surface area (Å²) < 4.78 is 40.5. The van der Waals surface area contributed by atoms with E-state index in [1.54, 1.807) is 13.8 Å². The number of halogens is 2. The minimum atomic E-state index is -2.77. The molecule has 0 aromatic rings. The van der Waals surface area contributed by atoms with E-state index in [1.165, 1.54) is 0 Å². The number of alkyl halides is 2. The summed E-state index contributed by atoms with van der Waals surface area (Å²) in [5, 5.41) is 0. The zero-order valence-electron chi connectivity index (χ0n) is 20.4. The van der Waals surface area contributed by atoms with Gasteiger partial charge < -0.3 is 14.2 Å². The molecule has 184 valence electrons. The average Bonchev–Trinajstić information content (AvgIpc) is 2.66. The highest BCUT2D eigenvalue weighted by molar-refractivity contribution is 5.76. The molecule has 0 amide bonds. The first kappa shape index (κ1) is 29.8. The van der Waals surface area contributed by atoms with Crippen LogP contribution in [0, 0.1) is 10.8 Å². The maximum atomic E-state index is 12.7.